The van der Waals surface area contributed by atoms with Crippen molar-refractivity contribution in [2.75, 3.05) is 37.1 Å². The monoisotopic (exact) mass is 733 g/mol. The number of nitriles is 1. The number of aliphatic hydroxyl groups excluding tert-OH is 1. The second kappa shape index (κ2) is 15.5. The molecule has 0 radical (unpaired) electrons. The van der Waals surface area contributed by atoms with Gasteiger partial charge in [0.15, 0.2) is 11.2 Å². The summed E-state index contributed by atoms with van der Waals surface area (Å²) in [5, 5.41) is 22.2. The molecule has 2 N–H and O–H groups in total. The molecule has 3 aliphatic heterocycles. The van der Waals surface area contributed by atoms with Crippen LogP contribution < -0.4 is 10.1 Å². The number of aliphatic hydroxyl groups is 1. The molecular formula is C36H44N7O6PS. The van der Waals surface area contributed by atoms with Gasteiger partial charge in [-0.3, -0.25) is 14.7 Å². The van der Waals surface area contributed by atoms with E-state index in [4.69, 9.17) is 23.8 Å². The molecule has 2 aromatic heterocycles. The molecule has 51 heavy (non-hydrogen) atoms. The van der Waals surface area contributed by atoms with Gasteiger partial charge in [-0.2, -0.15) is 25.3 Å². The van der Waals surface area contributed by atoms with Gasteiger partial charge in [-0.15, -0.1) is 0 Å². The van der Waals surface area contributed by atoms with Crippen LogP contribution in [0.2, 0.25) is 0 Å². The Morgan fingerprint density at radius 3 is 2.53 bits per heavy atom. The van der Waals surface area contributed by atoms with E-state index in [1.54, 1.807) is 24.7 Å². The first-order valence-electron chi connectivity index (χ1n) is 17.4. The van der Waals surface area contributed by atoms with Gasteiger partial charge in [-0.05, 0) is 53.2 Å². The third kappa shape index (κ3) is 7.35. The van der Waals surface area contributed by atoms with Crippen LogP contribution in [0, 0.1) is 17.2 Å². The van der Waals surface area contributed by atoms with Gasteiger partial charge in [0.25, 0.3) is 8.53 Å². The summed E-state index contributed by atoms with van der Waals surface area (Å²) in [6.07, 6.45) is 5.07. The van der Waals surface area contributed by atoms with Crippen molar-refractivity contribution in [2.24, 2.45) is 5.92 Å². The summed E-state index contributed by atoms with van der Waals surface area (Å²) in [5.41, 5.74) is 0.766. The van der Waals surface area contributed by atoms with Crippen molar-refractivity contribution in [3.8, 4) is 11.9 Å². The van der Waals surface area contributed by atoms with Gasteiger partial charge in [-0.1, -0.05) is 50.2 Å². The number of nitrogens with zero attached hydrogens (tertiary/aromatic N) is 6. The summed E-state index contributed by atoms with van der Waals surface area (Å²) in [6, 6.07) is 23.8. The average Bonchev–Trinajstić information content (AvgIpc) is 3.94. The van der Waals surface area contributed by atoms with Gasteiger partial charge < -0.3 is 23.6 Å². The van der Waals surface area contributed by atoms with Crippen LogP contribution in [0.4, 0.5) is 5.95 Å². The number of imidazole rings is 1. The minimum absolute atomic E-state index is 0.00191. The van der Waals surface area contributed by atoms with Crippen LogP contribution in [0.1, 0.15) is 45.8 Å². The van der Waals surface area contributed by atoms with Crippen molar-refractivity contribution in [1.82, 2.24) is 24.2 Å². The minimum atomic E-state index is -1.41. The molecule has 13 nitrogen and oxygen atoms in total. The highest BCUT2D eigenvalue weighted by Crippen LogP contribution is 2.65. The number of rotatable bonds is 13. The summed E-state index contributed by atoms with van der Waals surface area (Å²) in [7, 11) is -2.80. The number of anilines is 1. The van der Waals surface area contributed by atoms with Crippen molar-refractivity contribution >= 4 is 41.6 Å². The van der Waals surface area contributed by atoms with E-state index in [1.165, 1.54) is 9.79 Å². The van der Waals surface area contributed by atoms with Crippen LogP contribution >= 0.6 is 18.6 Å². The van der Waals surface area contributed by atoms with Crippen molar-refractivity contribution in [3.05, 3.63) is 67.0 Å². The van der Waals surface area contributed by atoms with Gasteiger partial charge in [-0.25, -0.2) is 9.65 Å². The number of fused-ring (bicyclic) bond motifs is 2. The highest BCUT2D eigenvalue weighted by molar-refractivity contribution is 8.33. The summed E-state index contributed by atoms with van der Waals surface area (Å²) in [4.78, 5) is 28.7. The summed E-state index contributed by atoms with van der Waals surface area (Å²) >= 11 is 0. The number of benzene rings is 2. The number of hydrogen-bond donors (Lipinski definition) is 2. The van der Waals surface area contributed by atoms with Crippen LogP contribution in [0.5, 0.6) is 5.88 Å². The Kier molecular flexibility index (Phi) is 10.9. The van der Waals surface area contributed by atoms with E-state index in [0.29, 0.717) is 17.6 Å². The summed E-state index contributed by atoms with van der Waals surface area (Å²) in [6.45, 7) is 4.33. The van der Waals surface area contributed by atoms with E-state index in [-0.39, 0.29) is 55.4 Å². The van der Waals surface area contributed by atoms with Crippen LogP contribution in [0.15, 0.2) is 76.8 Å². The normalized spacial score (nSPS) is 25.3. The van der Waals surface area contributed by atoms with E-state index in [9.17, 15) is 9.90 Å². The number of ether oxygens (including phenoxy) is 2. The van der Waals surface area contributed by atoms with Crippen LogP contribution in [0.3, 0.4) is 0 Å². The van der Waals surface area contributed by atoms with Crippen molar-refractivity contribution in [3.63, 3.8) is 0 Å². The van der Waals surface area contributed by atoms with E-state index < -0.39 is 37.0 Å². The molecule has 2 aromatic carbocycles. The lowest BCUT2D eigenvalue weighted by Gasteiger charge is -2.39. The van der Waals surface area contributed by atoms with Crippen LogP contribution in [0.25, 0.3) is 11.2 Å². The first-order valence-corrected chi connectivity index (χ1v) is 20.7. The molecule has 0 spiro atoms. The lowest BCUT2D eigenvalue weighted by molar-refractivity contribution is -0.118. The van der Waals surface area contributed by atoms with Gasteiger partial charge in [0.1, 0.15) is 18.9 Å². The molecule has 5 heterocycles. The zero-order valence-electron chi connectivity index (χ0n) is 29.0. The first kappa shape index (κ1) is 35.7. The zero-order chi connectivity index (χ0) is 35.5. The Morgan fingerprint density at radius 1 is 1.14 bits per heavy atom. The molecule has 0 bridgehead atoms. The molecule has 1 amide bonds. The second-order valence-corrected chi connectivity index (χ2v) is 18.3. The molecule has 6 atom stereocenters. The van der Waals surface area contributed by atoms with Gasteiger partial charge in [0.2, 0.25) is 17.7 Å². The van der Waals surface area contributed by atoms with Crippen LogP contribution in [-0.2, 0) is 18.6 Å². The molecule has 3 saturated heterocycles. The number of carbonyl (C=O) groups excluding carboxylic acids is 1. The fourth-order valence-corrected chi connectivity index (χ4v) is 12.1. The lowest BCUT2D eigenvalue weighted by atomic mass is 10.1. The largest absolute Gasteiger partial charge is 0.475 e. The number of carbonyl (C=O) groups is 1. The molecule has 3 aliphatic rings. The number of nitrogens with one attached hydrogen (secondary N) is 1. The number of aromatic nitrogens is 4. The standard InChI is InChI=1S/C36H44N7O6PS/c1-24(2)34(45)40-36-39-33-32(35(41-36)46-19-11-17-37)38-23-42(33)31-20-28(29(21-44)47-31)48-50-43-18-10-16-27(43)30(49-50)22-51(3,25-12-6-4-7-13-25)26-14-8-5-9-15-26/h4-9,12-15,23-24,27-31,44H,10-11,16,18-22H2,1-3H3,(H,39,40,41,45)/t27-,28-,29-,30+,31-,50-/m1/s1. The van der Waals surface area contributed by atoms with E-state index in [2.05, 4.69) is 97.9 Å². The zero-order valence-corrected chi connectivity index (χ0v) is 30.7. The molecule has 15 heteroatoms. The highest BCUT2D eigenvalue weighted by Gasteiger charge is 2.51. The number of amides is 1. The molecule has 0 unspecified atom stereocenters. The SMILES string of the molecule is CC(C)C(=O)Nc1nc(OCCC#N)c2ncn([C@H]3C[C@@H](O[P@]4O[C@@H](CS(C)(c5ccccc5)c5ccccc5)[C@H]5CCCN54)[C@@H](CO)O3)c2n1. The maximum absolute atomic E-state index is 12.5. The van der Waals surface area contributed by atoms with E-state index in [0.717, 1.165) is 25.1 Å². The third-order valence-corrected chi connectivity index (χ3v) is 15.1. The third-order valence-electron chi connectivity index (χ3n) is 9.66. The van der Waals surface area contributed by atoms with Crippen molar-refractivity contribution in [1.29, 1.82) is 5.26 Å². The van der Waals surface area contributed by atoms with Crippen LogP contribution in [-0.4, -0.2) is 91.3 Å². The van der Waals surface area contributed by atoms with Gasteiger partial charge in [0.05, 0.1) is 37.6 Å². The van der Waals surface area contributed by atoms with Gasteiger partial charge in [0, 0.05) is 30.7 Å². The predicted molar refractivity (Wildman–Crippen MR) is 194 cm³/mol. The van der Waals surface area contributed by atoms with E-state index >= 15 is 0 Å². The minimum Gasteiger partial charge on any atom is -0.475 e. The Balaban J connectivity index is 1.11. The maximum Gasteiger partial charge on any atom is 0.259 e. The second-order valence-electron chi connectivity index (χ2n) is 13.4. The molecule has 270 valence electrons. The Hall–Kier alpha value is -3.67. The lowest BCUT2D eigenvalue weighted by Crippen LogP contribution is -2.33. The predicted octanol–water partition coefficient (Wildman–Crippen LogP) is 6.02. The maximum atomic E-state index is 12.5. The fourth-order valence-electron chi connectivity index (χ4n) is 6.90. The topological polar surface area (TPSA) is 157 Å². The smallest absolute Gasteiger partial charge is 0.259 e. The first-order chi connectivity index (χ1) is 24.8. The molecular weight excluding hydrogens is 689 g/mol. The molecule has 3 fully saturated rings. The Bertz CT molecular complexity index is 1820. The fraction of sp³-hybridized carbons (Fsp3) is 0.472. The Morgan fingerprint density at radius 2 is 1.86 bits per heavy atom. The van der Waals surface area contributed by atoms with Gasteiger partial charge >= 0.3 is 0 Å². The summed E-state index contributed by atoms with van der Waals surface area (Å²) < 4.78 is 30.0. The molecule has 0 saturated carbocycles. The molecule has 0 aliphatic carbocycles. The highest BCUT2D eigenvalue weighted by atomic mass is 32.3. The van der Waals surface area contributed by atoms with Crippen molar-refractivity contribution < 1.29 is 28.4 Å². The number of hydrogen-bond acceptors (Lipinski definition) is 11. The Labute approximate surface area is 300 Å². The van der Waals surface area contributed by atoms with Crippen molar-refractivity contribution in [2.45, 2.75) is 79.9 Å². The molecule has 7 rings (SSSR count). The average molecular weight is 734 g/mol. The van der Waals surface area contributed by atoms with E-state index in [1.807, 2.05) is 0 Å². The summed E-state index contributed by atoms with van der Waals surface area (Å²) in [5.74, 6) is 0.563. The quantitative estimate of drug-likeness (QED) is 0.122. The molecule has 4 aromatic rings.